The summed E-state index contributed by atoms with van der Waals surface area (Å²) >= 11 is 0. The van der Waals surface area contributed by atoms with Gasteiger partial charge in [-0.1, -0.05) is 18.6 Å². The number of rotatable bonds is 5. The molecule has 1 aromatic rings. The first-order valence-electron chi connectivity index (χ1n) is 14.6. The second-order valence-electron chi connectivity index (χ2n) is 13.2. The number of piperidine rings is 2. The Labute approximate surface area is 226 Å². The minimum atomic E-state index is -2.35. The van der Waals surface area contributed by atoms with Crippen molar-refractivity contribution in [2.75, 3.05) is 37.6 Å². The molecule has 1 aliphatic carbocycles. The quantitative estimate of drug-likeness (QED) is 0.541. The number of halogens is 2. The monoisotopic (exact) mass is 529 g/mol. The first-order chi connectivity index (χ1) is 18.0. The zero-order chi connectivity index (χ0) is 26.9. The molecule has 1 amide bonds. The fourth-order valence-corrected chi connectivity index (χ4v) is 7.24. The molecule has 6 rings (SSSR count). The molecular weight excluding hydrogens is 487 g/mol. The second kappa shape index (κ2) is 9.53. The van der Waals surface area contributed by atoms with Crippen LogP contribution in [0.5, 0.6) is 0 Å². The van der Waals surface area contributed by atoms with Gasteiger partial charge >= 0.3 is 7.12 Å². The molecule has 38 heavy (non-hydrogen) atoms. The maximum absolute atomic E-state index is 14.3. The van der Waals surface area contributed by atoms with Gasteiger partial charge in [0.15, 0.2) is 0 Å². The third kappa shape index (κ3) is 4.32. The second-order valence-corrected chi connectivity index (χ2v) is 13.2. The van der Waals surface area contributed by atoms with Gasteiger partial charge in [-0.15, -0.1) is 0 Å². The highest BCUT2D eigenvalue weighted by molar-refractivity contribution is 6.62. The standard InChI is InChI=1S/C29H42BF2N3O3/c1-27(2)28(3,4)38-30(37-27)20-8-9-23-24(16-20)35(22-17-21(18-22)34-12-6-5-7-13-34)26(36)29(23)10-14-33(15-11-29)19-25(31)32/h8-9,16,21-22,25H,5-7,10-15,17-19H2,1-4H3. The van der Waals surface area contributed by atoms with Crippen LogP contribution in [0, 0.1) is 0 Å². The van der Waals surface area contributed by atoms with Crippen molar-refractivity contribution in [3.63, 3.8) is 0 Å². The van der Waals surface area contributed by atoms with Gasteiger partial charge < -0.3 is 19.1 Å². The Kier molecular flexibility index (Phi) is 6.69. The van der Waals surface area contributed by atoms with Crippen LogP contribution in [0.1, 0.15) is 78.2 Å². The molecule has 0 atom stereocenters. The van der Waals surface area contributed by atoms with Crippen LogP contribution in [-0.4, -0.2) is 85.3 Å². The number of hydrogen-bond donors (Lipinski definition) is 0. The van der Waals surface area contributed by atoms with Crippen molar-refractivity contribution >= 4 is 24.2 Å². The molecule has 4 fully saturated rings. The molecule has 0 bridgehead atoms. The van der Waals surface area contributed by atoms with Crippen LogP contribution in [0.25, 0.3) is 0 Å². The van der Waals surface area contributed by atoms with E-state index in [1.54, 1.807) is 4.90 Å². The van der Waals surface area contributed by atoms with E-state index in [1.165, 1.54) is 19.3 Å². The maximum Gasteiger partial charge on any atom is 0.494 e. The Morgan fingerprint density at radius 3 is 2.18 bits per heavy atom. The van der Waals surface area contributed by atoms with Crippen LogP contribution in [0.3, 0.4) is 0 Å². The van der Waals surface area contributed by atoms with E-state index in [9.17, 15) is 13.6 Å². The summed E-state index contributed by atoms with van der Waals surface area (Å²) in [6.45, 7) is 11.3. The molecule has 5 aliphatic rings. The molecule has 0 aromatic heterocycles. The molecule has 9 heteroatoms. The molecule has 6 nitrogen and oxygen atoms in total. The van der Waals surface area contributed by atoms with E-state index >= 15 is 0 Å². The average Bonchev–Trinajstić information content (AvgIpc) is 3.21. The minimum absolute atomic E-state index is 0.164. The Hall–Kier alpha value is -1.55. The van der Waals surface area contributed by atoms with Crippen LogP contribution < -0.4 is 10.4 Å². The van der Waals surface area contributed by atoms with Gasteiger partial charge in [0, 0.05) is 17.8 Å². The van der Waals surface area contributed by atoms with E-state index in [1.807, 2.05) is 33.8 Å². The highest BCUT2D eigenvalue weighted by Gasteiger charge is 2.57. The van der Waals surface area contributed by atoms with Crippen molar-refractivity contribution in [3.05, 3.63) is 23.8 Å². The van der Waals surface area contributed by atoms with Crippen LogP contribution in [0.4, 0.5) is 14.5 Å². The zero-order valence-electron chi connectivity index (χ0n) is 23.3. The van der Waals surface area contributed by atoms with Crippen molar-refractivity contribution in [1.29, 1.82) is 0 Å². The fourth-order valence-electron chi connectivity index (χ4n) is 7.24. The van der Waals surface area contributed by atoms with Crippen LogP contribution in [0.15, 0.2) is 18.2 Å². The minimum Gasteiger partial charge on any atom is -0.399 e. The Balaban J connectivity index is 1.29. The summed E-state index contributed by atoms with van der Waals surface area (Å²) in [5.41, 5.74) is 1.45. The van der Waals surface area contributed by atoms with E-state index in [4.69, 9.17) is 9.31 Å². The van der Waals surface area contributed by atoms with Crippen LogP contribution >= 0.6 is 0 Å². The largest absolute Gasteiger partial charge is 0.494 e. The van der Waals surface area contributed by atoms with Crippen molar-refractivity contribution in [2.45, 2.75) is 108 Å². The third-order valence-corrected chi connectivity index (χ3v) is 10.4. The lowest BCUT2D eigenvalue weighted by atomic mass is 9.71. The lowest BCUT2D eigenvalue weighted by Gasteiger charge is -2.48. The van der Waals surface area contributed by atoms with Gasteiger partial charge in [0.25, 0.3) is 6.43 Å². The predicted molar refractivity (Wildman–Crippen MR) is 145 cm³/mol. The van der Waals surface area contributed by atoms with Crippen molar-refractivity contribution in [1.82, 2.24) is 9.80 Å². The molecule has 4 aliphatic heterocycles. The summed E-state index contributed by atoms with van der Waals surface area (Å²) in [5, 5.41) is 0. The molecule has 1 aromatic carbocycles. The number of anilines is 1. The predicted octanol–water partition coefficient (Wildman–Crippen LogP) is 3.95. The van der Waals surface area contributed by atoms with Gasteiger partial charge in [0.1, 0.15) is 0 Å². The number of carbonyl (C=O) groups excluding carboxylic acids is 1. The van der Waals surface area contributed by atoms with E-state index in [-0.39, 0.29) is 18.5 Å². The third-order valence-electron chi connectivity index (χ3n) is 10.4. The molecule has 0 unspecified atom stereocenters. The van der Waals surface area contributed by atoms with Gasteiger partial charge in [0.05, 0.1) is 23.2 Å². The molecule has 208 valence electrons. The van der Waals surface area contributed by atoms with E-state index < -0.39 is 30.2 Å². The average molecular weight is 529 g/mol. The van der Waals surface area contributed by atoms with Gasteiger partial charge in [0.2, 0.25) is 5.91 Å². The summed E-state index contributed by atoms with van der Waals surface area (Å²) in [7, 11) is -0.491. The van der Waals surface area contributed by atoms with E-state index in [0.29, 0.717) is 32.0 Å². The molecule has 3 saturated heterocycles. The lowest BCUT2D eigenvalue weighted by Crippen LogP contribution is -2.58. The van der Waals surface area contributed by atoms with Crippen LogP contribution in [0.2, 0.25) is 0 Å². The topological polar surface area (TPSA) is 45.2 Å². The maximum atomic E-state index is 14.3. The molecule has 4 heterocycles. The summed E-state index contributed by atoms with van der Waals surface area (Å²) in [6.07, 6.45) is 4.66. The fraction of sp³-hybridized carbons (Fsp3) is 0.759. The summed E-state index contributed by atoms with van der Waals surface area (Å²) in [5.74, 6) is 0.164. The summed E-state index contributed by atoms with van der Waals surface area (Å²) < 4.78 is 38.8. The van der Waals surface area contributed by atoms with E-state index in [0.717, 1.165) is 42.6 Å². The Morgan fingerprint density at radius 2 is 1.58 bits per heavy atom. The molecule has 1 spiro atoms. The van der Waals surface area contributed by atoms with Gasteiger partial charge in [-0.25, -0.2) is 8.78 Å². The van der Waals surface area contributed by atoms with Crippen molar-refractivity contribution < 1.29 is 22.9 Å². The first kappa shape index (κ1) is 26.7. The van der Waals surface area contributed by atoms with Gasteiger partial charge in [-0.2, -0.15) is 0 Å². The Morgan fingerprint density at radius 1 is 0.947 bits per heavy atom. The number of nitrogens with zero attached hydrogens (tertiary/aromatic N) is 3. The number of hydrogen-bond acceptors (Lipinski definition) is 5. The number of likely N-dealkylation sites (tertiary alicyclic amines) is 2. The molecule has 0 radical (unpaired) electrons. The smallest absolute Gasteiger partial charge is 0.399 e. The SMILES string of the molecule is CC1(C)OB(c2ccc3c(c2)N(C2CC(N4CCCCC4)C2)C(=O)C32CCN(CC(F)F)CC2)OC1(C)C. The van der Waals surface area contributed by atoms with Gasteiger partial charge in [-0.05, 0) is 109 Å². The van der Waals surface area contributed by atoms with Crippen LogP contribution in [-0.2, 0) is 19.5 Å². The molecule has 1 saturated carbocycles. The Bertz CT molecular complexity index is 1050. The number of alkyl halides is 2. The summed E-state index contributed by atoms with van der Waals surface area (Å²) in [6, 6.07) is 6.98. The van der Waals surface area contributed by atoms with E-state index in [2.05, 4.69) is 21.9 Å². The van der Waals surface area contributed by atoms with Crippen molar-refractivity contribution in [2.24, 2.45) is 0 Å². The molecular formula is C29H42BF2N3O3. The molecule has 0 N–H and O–H groups in total. The highest BCUT2D eigenvalue weighted by atomic mass is 19.3. The number of benzene rings is 1. The normalized spacial score (nSPS) is 30.8. The number of fused-ring (bicyclic) bond motifs is 2. The zero-order valence-corrected chi connectivity index (χ0v) is 23.3. The number of carbonyl (C=O) groups is 1. The number of amides is 1. The highest BCUT2D eigenvalue weighted by Crippen LogP contribution is 2.51. The summed E-state index contributed by atoms with van der Waals surface area (Å²) in [4.78, 5) is 20.8. The lowest BCUT2D eigenvalue weighted by molar-refractivity contribution is -0.126. The van der Waals surface area contributed by atoms with Gasteiger partial charge in [-0.3, -0.25) is 9.69 Å². The first-order valence-corrected chi connectivity index (χ1v) is 14.6. The van der Waals surface area contributed by atoms with Crippen molar-refractivity contribution in [3.8, 4) is 0 Å².